The number of hydrogen-bond donors (Lipinski definition) is 3. The molecule has 6 heteroatoms. The van der Waals surface area contributed by atoms with Crippen molar-refractivity contribution in [1.29, 1.82) is 0 Å². The molecule has 0 fully saturated rings. The van der Waals surface area contributed by atoms with Crippen LogP contribution in [0.15, 0.2) is 18.2 Å². The number of benzene rings is 1. The molecule has 0 aliphatic rings. The Hall–Kier alpha value is -1.69. The topological polar surface area (TPSA) is 81.1 Å². The van der Waals surface area contributed by atoms with E-state index in [1.54, 1.807) is 6.07 Å². The number of amides is 1. The zero-order chi connectivity index (χ0) is 11.4. The van der Waals surface area contributed by atoms with E-state index in [2.05, 4.69) is 17.5 Å². The summed E-state index contributed by atoms with van der Waals surface area (Å²) in [5.74, 6) is -1.09. The van der Waals surface area contributed by atoms with Crippen molar-refractivity contribution in [3.05, 3.63) is 29.6 Å². The van der Waals surface area contributed by atoms with Crippen LogP contribution in [0.3, 0.4) is 0 Å². The molecule has 0 bridgehead atoms. The molecule has 4 nitrogen and oxygen atoms in total. The molecule has 0 aliphatic carbocycles. The molecule has 0 saturated carbocycles. The standard InChI is InChI=1S/C9H10FN3OS/c10-6-3-5(9(12)15)1-2-7(6)13-4-8(11)14/h1-3,13H,4H2,(H2,11,14)(H2,12,15). The molecule has 15 heavy (non-hydrogen) atoms. The Morgan fingerprint density at radius 2 is 2.13 bits per heavy atom. The lowest BCUT2D eigenvalue weighted by Crippen LogP contribution is -2.22. The quantitative estimate of drug-likeness (QED) is 0.649. The average Bonchev–Trinajstić information content (AvgIpc) is 2.15. The lowest BCUT2D eigenvalue weighted by molar-refractivity contribution is -0.116. The monoisotopic (exact) mass is 227 g/mol. The van der Waals surface area contributed by atoms with Gasteiger partial charge in [-0.25, -0.2) is 4.39 Å². The summed E-state index contributed by atoms with van der Waals surface area (Å²) in [6, 6.07) is 4.22. The van der Waals surface area contributed by atoms with Gasteiger partial charge in [0.2, 0.25) is 5.91 Å². The largest absolute Gasteiger partial charge is 0.389 e. The second-order valence-electron chi connectivity index (χ2n) is 2.88. The van der Waals surface area contributed by atoms with Crippen LogP contribution >= 0.6 is 12.2 Å². The highest BCUT2D eigenvalue weighted by molar-refractivity contribution is 7.80. The van der Waals surface area contributed by atoms with Crippen LogP contribution in [-0.2, 0) is 4.79 Å². The van der Waals surface area contributed by atoms with Gasteiger partial charge in [-0.2, -0.15) is 0 Å². The Morgan fingerprint density at radius 3 is 2.60 bits per heavy atom. The van der Waals surface area contributed by atoms with Crippen molar-refractivity contribution in [3.8, 4) is 0 Å². The van der Waals surface area contributed by atoms with Gasteiger partial charge in [0.25, 0.3) is 0 Å². The summed E-state index contributed by atoms with van der Waals surface area (Å²) in [6.07, 6.45) is 0. The Bertz CT molecular complexity index is 408. The smallest absolute Gasteiger partial charge is 0.236 e. The van der Waals surface area contributed by atoms with E-state index in [1.807, 2.05) is 0 Å². The lowest BCUT2D eigenvalue weighted by Gasteiger charge is -2.06. The van der Waals surface area contributed by atoms with Gasteiger partial charge in [-0.1, -0.05) is 12.2 Å². The van der Waals surface area contributed by atoms with Crippen LogP contribution in [0.4, 0.5) is 10.1 Å². The fraction of sp³-hybridized carbons (Fsp3) is 0.111. The number of hydrogen-bond acceptors (Lipinski definition) is 3. The first-order valence-electron chi connectivity index (χ1n) is 4.12. The number of carbonyl (C=O) groups excluding carboxylic acids is 1. The maximum Gasteiger partial charge on any atom is 0.236 e. The van der Waals surface area contributed by atoms with Crippen molar-refractivity contribution in [1.82, 2.24) is 0 Å². The molecular formula is C9H10FN3OS. The molecule has 0 saturated heterocycles. The van der Waals surface area contributed by atoms with Gasteiger partial charge in [0, 0.05) is 5.56 Å². The molecule has 0 spiro atoms. The van der Waals surface area contributed by atoms with Crippen LogP contribution in [0, 0.1) is 5.82 Å². The highest BCUT2D eigenvalue weighted by Gasteiger charge is 2.05. The molecule has 0 aromatic heterocycles. The molecule has 5 N–H and O–H groups in total. The average molecular weight is 227 g/mol. The van der Waals surface area contributed by atoms with Gasteiger partial charge in [0.15, 0.2) is 0 Å². The Morgan fingerprint density at radius 1 is 1.47 bits per heavy atom. The number of primary amides is 1. The van der Waals surface area contributed by atoms with E-state index in [0.29, 0.717) is 5.56 Å². The summed E-state index contributed by atoms with van der Waals surface area (Å²) in [6.45, 7) is -0.122. The minimum absolute atomic E-state index is 0.121. The molecular weight excluding hydrogens is 217 g/mol. The van der Waals surface area contributed by atoms with Crippen LogP contribution in [0.25, 0.3) is 0 Å². The molecule has 1 rings (SSSR count). The van der Waals surface area contributed by atoms with E-state index < -0.39 is 11.7 Å². The third-order valence-electron chi connectivity index (χ3n) is 1.71. The van der Waals surface area contributed by atoms with E-state index >= 15 is 0 Å². The number of halogens is 1. The first kappa shape index (κ1) is 11.4. The number of thiocarbonyl (C=S) groups is 1. The minimum Gasteiger partial charge on any atom is -0.389 e. The normalized spacial score (nSPS) is 9.67. The summed E-state index contributed by atoms with van der Waals surface area (Å²) >= 11 is 4.69. The van der Waals surface area contributed by atoms with Gasteiger partial charge in [-0.3, -0.25) is 4.79 Å². The van der Waals surface area contributed by atoms with Crippen molar-refractivity contribution in [2.24, 2.45) is 11.5 Å². The third-order valence-corrected chi connectivity index (χ3v) is 1.94. The number of carbonyl (C=O) groups is 1. The summed E-state index contributed by atoms with van der Waals surface area (Å²) in [4.78, 5) is 10.6. The summed E-state index contributed by atoms with van der Waals surface area (Å²) < 4.78 is 13.3. The Kier molecular flexibility index (Phi) is 3.56. The van der Waals surface area contributed by atoms with Crippen molar-refractivity contribution < 1.29 is 9.18 Å². The van der Waals surface area contributed by atoms with Crippen LogP contribution in [0.1, 0.15) is 5.56 Å². The number of nitrogens with two attached hydrogens (primary N) is 2. The molecule has 1 aromatic carbocycles. The highest BCUT2D eigenvalue weighted by atomic mass is 32.1. The molecule has 0 radical (unpaired) electrons. The predicted molar refractivity (Wildman–Crippen MR) is 60.0 cm³/mol. The fourth-order valence-electron chi connectivity index (χ4n) is 0.994. The van der Waals surface area contributed by atoms with Crippen LogP contribution < -0.4 is 16.8 Å². The molecule has 0 unspecified atom stereocenters. The van der Waals surface area contributed by atoms with Gasteiger partial charge >= 0.3 is 0 Å². The van der Waals surface area contributed by atoms with E-state index in [1.165, 1.54) is 12.1 Å². The Balaban J connectivity index is 2.83. The van der Waals surface area contributed by atoms with E-state index in [9.17, 15) is 9.18 Å². The van der Waals surface area contributed by atoms with Gasteiger partial charge < -0.3 is 16.8 Å². The summed E-state index contributed by atoms with van der Waals surface area (Å²) in [7, 11) is 0. The van der Waals surface area contributed by atoms with Crippen LogP contribution in [0.5, 0.6) is 0 Å². The van der Waals surface area contributed by atoms with Gasteiger partial charge in [0.05, 0.1) is 12.2 Å². The minimum atomic E-state index is -0.562. The molecule has 1 amide bonds. The van der Waals surface area contributed by atoms with Crippen LogP contribution in [0.2, 0.25) is 0 Å². The second-order valence-corrected chi connectivity index (χ2v) is 3.32. The lowest BCUT2D eigenvalue weighted by atomic mass is 10.2. The maximum absolute atomic E-state index is 13.3. The van der Waals surface area contributed by atoms with Crippen LogP contribution in [-0.4, -0.2) is 17.4 Å². The van der Waals surface area contributed by atoms with Gasteiger partial charge in [-0.05, 0) is 18.2 Å². The number of anilines is 1. The third kappa shape index (κ3) is 3.17. The maximum atomic E-state index is 13.3. The molecule has 80 valence electrons. The number of rotatable bonds is 4. The fourth-order valence-corrected chi connectivity index (χ4v) is 1.12. The molecule has 0 heterocycles. The van der Waals surface area contributed by atoms with Gasteiger partial charge in [-0.15, -0.1) is 0 Å². The number of nitrogens with one attached hydrogen (secondary N) is 1. The van der Waals surface area contributed by atoms with Gasteiger partial charge in [0.1, 0.15) is 10.8 Å². The SMILES string of the molecule is NC(=O)CNc1ccc(C(N)=S)cc1F. The van der Waals surface area contributed by atoms with Crippen molar-refractivity contribution >= 4 is 28.8 Å². The van der Waals surface area contributed by atoms with E-state index in [0.717, 1.165) is 0 Å². The van der Waals surface area contributed by atoms with Crippen molar-refractivity contribution in [3.63, 3.8) is 0 Å². The van der Waals surface area contributed by atoms with E-state index in [4.69, 9.17) is 11.5 Å². The Labute approximate surface area is 91.4 Å². The van der Waals surface area contributed by atoms with Crippen molar-refractivity contribution in [2.75, 3.05) is 11.9 Å². The highest BCUT2D eigenvalue weighted by Crippen LogP contribution is 2.15. The van der Waals surface area contributed by atoms with Crippen molar-refractivity contribution in [2.45, 2.75) is 0 Å². The van der Waals surface area contributed by atoms with E-state index in [-0.39, 0.29) is 17.2 Å². The summed E-state index contributed by atoms with van der Waals surface area (Å²) in [5.41, 5.74) is 10.9. The molecule has 1 aromatic rings. The second kappa shape index (κ2) is 4.70. The first-order chi connectivity index (χ1) is 7.00. The summed E-state index contributed by atoms with van der Waals surface area (Å²) in [5, 5.41) is 2.54. The zero-order valence-corrected chi connectivity index (χ0v) is 8.60. The predicted octanol–water partition coefficient (Wildman–Crippen LogP) is 0.357. The molecule has 0 aliphatic heterocycles. The zero-order valence-electron chi connectivity index (χ0n) is 7.79. The first-order valence-corrected chi connectivity index (χ1v) is 4.53. The molecule has 0 atom stereocenters.